The van der Waals surface area contributed by atoms with E-state index in [4.69, 9.17) is 10.00 Å². The quantitative estimate of drug-likeness (QED) is 0.725. The molecule has 1 heterocycles. The van der Waals surface area contributed by atoms with Crippen molar-refractivity contribution in [1.29, 1.82) is 5.26 Å². The summed E-state index contributed by atoms with van der Waals surface area (Å²) in [5, 5.41) is 8.83. The first-order valence-corrected chi connectivity index (χ1v) is 10.8. The van der Waals surface area contributed by atoms with Crippen LogP contribution in [0.5, 0.6) is 5.75 Å². The van der Waals surface area contributed by atoms with E-state index < -0.39 is 0 Å². The highest BCUT2D eigenvalue weighted by molar-refractivity contribution is 7.99. The lowest BCUT2D eigenvalue weighted by Gasteiger charge is -2.32. The van der Waals surface area contributed by atoms with Gasteiger partial charge < -0.3 is 9.64 Å². The summed E-state index contributed by atoms with van der Waals surface area (Å²) in [6.07, 6.45) is 1.93. The Morgan fingerprint density at radius 3 is 2.57 bits per heavy atom. The first-order chi connectivity index (χ1) is 13.5. The summed E-state index contributed by atoms with van der Waals surface area (Å²) in [7, 11) is 0. The predicted molar refractivity (Wildman–Crippen MR) is 113 cm³/mol. The minimum atomic E-state index is 0.177. The Bertz CT molecular complexity index is 850. The Morgan fingerprint density at radius 1 is 1.18 bits per heavy atom. The molecule has 0 saturated carbocycles. The third-order valence-corrected chi connectivity index (χ3v) is 6.00. The largest absolute Gasteiger partial charge is 0.490 e. The van der Waals surface area contributed by atoms with E-state index in [9.17, 15) is 4.79 Å². The Balaban J connectivity index is 1.41. The molecule has 2 aromatic carbocycles. The van der Waals surface area contributed by atoms with Crippen LogP contribution in [-0.2, 0) is 10.5 Å². The number of aryl methyl sites for hydroxylation is 2. The second-order valence-corrected chi connectivity index (χ2v) is 8.25. The molecule has 146 valence electrons. The van der Waals surface area contributed by atoms with E-state index in [1.807, 2.05) is 29.2 Å². The maximum Gasteiger partial charge on any atom is 0.232 e. The van der Waals surface area contributed by atoms with Gasteiger partial charge in [-0.1, -0.05) is 24.3 Å². The van der Waals surface area contributed by atoms with Crippen molar-refractivity contribution in [3.05, 3.63) is 64.7 Å². The van der Waals surface area contributed by atoms with E-state index in [-0.39, 0.29) is 12.0 Å². The molecular weight excluding hydrogens is 368 g/mol. The molecule has 0 unspecified atom stereocenters. The highest BCUT2D eigenvalue weighted by Gasteiger charge is 2.24. The Labute approximate surface area is 171 Å². The van der Waals surface area contributed by atoms with Crippen molar-refractivity contribution in [3.63, 3.8) is 0 Å². The second-order valence-electron chi connectivity index (χ2n) is 7.27. The summed E-state index contributed by atoms with van der Waals surface area (Å²) in [6.45, 7) is 5.65. The minimum Gasteiger partial charge on any atom is -0.490 e. The summed E-state index contributed by atoms with van der Waals surface area (Å²) < 4.78 is 6.19. The van der Waals surface area contributed by atoms with Crippen molar-refractivity contribution in [2.45, 2.75) is 38.5 Å². The monoisotopic (exact) mass is 394 g/mol. The zero-order chi connectivity index (χ0) is 19.9. The first-order valence-electron chi connectivity index (χ1n) is 9.63. The van der Waals surface area contributed by atoms with Crippen LogP contribution < -0.4 is 4.74 Å². The van der Waals surface area contributed by atoms with E-state index in [0.29, 0.717) is 11.3 Å². The van der Waals surface area contributed by atoms with E-state index in [1.165, 1.54) is 5.56 Å². The molecular formula is C23H26N2O2S. The fourth-order valence-electron chi connectivity index (χ4n) is 3.26. The third-order valence-electron chi connectivity index (χ3n) is 5.01. The molecule has 3 rings (SSSR count). The van der Waals surface area contributed by atoms with E-state index >= 15 is 0 Å². The number of ether oxygens (including phenoxy) is 1. The van der Waals surface area contributed by atoms with Crippen molar-refractivity contribution in [2.75, 3.05) is 18.8 Å². The lowest BCUT2D eigenvalue weighted by atomic mass is 10.1. The van der Waals surface area contributed by atoms with Gasteiger partial charge in [0.05, 0.1) is 17.4 Å². The summed E-state index contributed by atoms with van der Waals surface area (Å²) in [5.41, 5.74) is 4.16. The average molecular weight is 395 g/mol. The van der Waals surface area contributed by atoms with Crippen LogP contribution in [0.1, 0.15) is 35.1 Å². The lowest BCUT2D eigenvalue weighted by molar-refractivity contribution is -0.130. The minimum absolute atomic E-state index is 0.177. The van der Waals surface area contributed by atoms with Gasteiger partial charge in [-0.15, -0.1) is 11.8 Å². The number of nitriles is 1. The van der Waals surface area contributed by atoms with Crippen LogP contribution in [0, 0.1) is 25.2 Å². The highest BCUT2D eigenvalue weighted by Crippen LogP contribution is 2.24. The fraction of sp³-hybridized carbons (Fsp3) is 0.391. The smallest absolute Gasteiger partial charge is 0.232 e. The van der Waals surface area contributed by atoms with Crippen LogP contribution in [-0.4, -0.2) is 35.8 Å². The van der Waals surface area contributed by atoms with Crippen molar-refractivity contribution in [1.82, 2.24) is 4.90 Å². The number of likely N-dealkylation sites (tertiary alicyclic amines) is 1. The topological polar surface area (TPSA) is 53.3 Å². The number of nitrogens with zero attached hydrogens (tertiary/aromatic N) is 2. The number of rotatable bonds is 6. The van der Waals surface area contributed by atoms with Crippen LogP contribution in [0.4, 0.5) is 0 Å². The molecule has 4 nitrogen and oxygen atoms in total. The SMILES string of the molecule is Cc1ccc(C)c(OC2CCN(C(=O)CSCc3ccc(C#N)cc3)CC2)c1. The number of carbonyl (C=O) groups excluding carboxylic acids is 1. The van der Waals surface area contributed by atoms with Gasteiger partial charge in [-0.2, -0.15) is 5.26 Å². The van der Waals surface area contributed by atoms with Crippen LogP contribution >= 0.6 is 11.8 Å². The van der Waals surface area contributed by atoms with Crippen LogP contribution in [0.25, 0.3) is 0 Å². The van der Waals surface area contributed by atoms with Gasteiger partial charge in [0, 0.05) is 31.7 Å². The third kappa shape index (κ3) is 5.53. The highest BCUT2D eigenvalue weighted by atomic mass is 32.2. The molecule has 2 aromatic rings. The van der Waals surface area contributed by atoms with Crippen molar-refractivity contribution >= 4 is 17.7 Å². The van der Waals surface area contributed by atoms with Crippen LogP contribution in [0.15, 0.2) is 42.5 Å². The summed E-state index contributed by atoms with van der Waals surface area (Å²) in [6, 6.07) is 15.9. The molecule has 1 saturated heterocycles. The van der Waals surface area contributed by atoms with Gasteiger partial charge in [0.1, 0.15) is 11.9 Å². The zero-order valence-electron chi connectivity index (χ0n) is 16.5. The van der Waals surface area contributed by atoms with Gasteiger partial charge in [-0.05, 0) is 48.7 Å². The average Bonchev–Trinajstić information content (AvgIpc) is 2.71. The molecule has 0 bridgehead atoms. The van der Waals surface area contributed by atoms with E-state index in [0.717, 1.165) is 48.6 Å². The van der Waals surface area contributed by atoms with Gasteiger partial charge in [0.2, 0.25) is 5.91 Å². The molecule has 1 fully saturated rings. The van der Waals surface area contributed by atoms with Gasteiger partial charge in [0.25, 0.3) is 0 Å². The van der Waals surface area contributed by atoms with Crippen molar-refractivity contribution in [3.8, 4) is 11.8 Å². The molecule has 0 N–H and O–H groups in total. The molecule has 5 heteroatoms. The van der Waals surface area contributed by atoms with Gasteiger partial charge in [0.15, 0.2) is 0 Å². The van der Waals surface area contributed by atoms with Crippen molar-refractivity contribution < 1.29 is 9.53 Å². The first kappa shape index (κ1) is 20.3. The van der Waals surface area contributed by atoms with Crippen LogP contribution in [0.3, 0.4) is 0 Å². The molecule has 0 atom stereocenters. The molecule has 1 amide bonds. The summed E-state index contributed by atoms with van der Waals surface area (Å²) in [5.74, 6) is 2.43. The second kappa shape index (κ2) is 9.66. The van der Waals surface area contributed by atoms with E-state index in [1.54, 1.807) is 11.8 Å². The Hall–Kier alpha value is -2.45. The number of hydrogen-bond donors (Lipinski definition) is 0. The summed E-state index contributed by atoms with van der Waals surface area (Å²) >= 11 is 1.62. The maximum absolute atomic E-state index is 12.5. The fourth-order valence-corrected chi connectivity index (χ4v) is 4.15. The Kier molecular flexibility index (Phi) is 7.00. The number of carbonyl (C=O) groups is 1. The molecule has 0 aromatic heterocycles. The molecule has 1 aliphatic rings. The standard InChI is InChI=1S/C23H26N2O2S/c1-17-3-4-18(2)22(13-17)27-21-9-11-25(12-10-21)23(26)16-28-15-20-7-5-19(14-24)6-8-20/h3-8,13,21H,9-12,15-16H2,1-2H3. The molecule has 28 heavy (non-hydrogen) atoms. The molecule has 0 radical (unpaired) electrons. The van der Waals surface area contributed by atoms with Crippen molar-refractivity contribution in [2.24, 2.45) is 0 Å². The van der Waals surface area contributed by atoms with E-state index in [2.05, 4.69) is 38.1 Å². The normalized spacial score (nSPS) is 14.5. The molecule has 0 aliphatic carbocycles. The lowest BCUT2D eigenvalue weighted by Crippen LogP contribution is -2.42. The molecule has 1 aliphatic heterocycles. The Morgan fingerprint density at radius 2 is 1.89 bits per heavy atom. The number of benzene rings is 2. The van der Waals surface area contributed by atoms with Gasteiger partial charge in [-0.3, -0.25) is 4.79 Å². The number of thioether (sulfide) groups is 1. The number of hydrogen-bond acceptors (Lipinski definition) is 4. The van der Waals surface area contributed by atoms with Crippen LogP contribution in [0.2, 0.25) is 0 Å². The number of piperidine rings is 1. The molecule has 0 spiro atoms. The van der Waals surface area contributed by atoms with Gasteiger partial charge in [-0.25, -0.2) is 0 Å². The summed E-state index contributed by atoms with van der Waals surface area (Å²) in [4.78, 5) is 14.4. The zero-order valence-corrected chi connectivity index (χ0v) is 17.3. The van der Waals surface area contributed by atoms with Gasteiger partial charge >= 0.3 is 0 Å². The predicted octanol–water partition coefficient (Wildman–Crippen LogP) is 4.48. The maximum atomic E-state index is 12.5. The number of amides is 1.